The molecule has 0 aliphatic rings. The van der Waals surface area contributed by atoms with Crippen molar-refractivity contribution in [1.29, 1.82) is 0 Å². The molecule has 0 aromatic heterocycles. The normalized spacial score (nSPS) is 11.5. The summed E-state index contributed by atoms with van der Waals surface area (Å²) < 4.78 is 22.3. The lowest BCUT2D eigenvalue weighted by molar-refractivity contribution is 0.598. The molecule has 0 spiro atoms. The Bertz CT molecular complexity index is 219. The molecule has 0 unspecified atom stereocenters. The third-order valence-corrected chi connectivity index (χ3v) is 3.31. The summed E-state index contributed by atoms with van der Waals surface area (Å²) in [6, 6.07) is 0. The fourth-order valence-corrected chi connectivity index (χ4v) is 1.82. The number of hydrogen-bond acceptors (Lipinski definition) is 3. The largest absolute Gasteiger partial charge is 0.326 e. The lowest BCUT2D eigenvalue weighted by atomic mass is 10.4. The summed E-state index contributed by atoms with van der Waals surface area (Å²) in [5, 5.41) is 0. The van der Waals surface area contributed by atoms with Crippen LogP contribution in [0, 0.1) is 0 Å². The molecule has 0 saturated carbocycles. The minimum absolute atomic E-state index is 0.0338. The first-order valence-electron chi connectivity index (χ1n) is 3.65. The summed E-state index contributed by atoms with van der Waals surface area (Å²) in [4.78, 5) is 0.144. The van der Waals surface area contributed by atoms with Gasteiger partial charge in [-0.3, -0.25) is 0 Å². The summed E-state index contributed by atoms with van der Waals surface area (Å²) in [5.74, 6) is 0.180. The van der Waals surface area contributed by atoms with Gasteiger partial charge in [-0.1, -0.05) is 19.9 Å². The van der Waals surface area contributed by atoms with Crippen LogP contribution in [0.25, 0.3) is 0 Å². The maximum absolute atomic E-state index is 11.1. The van der Waals surface area contributed by atoms with E-state index in [9.17, 15) is 8.42 Å². The second kappa shape index (κ2) is 4.51. The van der Waals surface area contributed by atoms with E-state index in [0.717, 1.165) is 6.42 Å². The molecule has 0 bridgehead atoms. The van der Waals surface area contributed by atoms with E-state index in [4.69, 9.17) is 5.73 Å². The molecular weight excluding hydrogens is 162 g/mol. The van der Waals surface area contributed by atoms with Gasteiger partial charge >= 0.3 is 0 Å². The molecule has 3 nitrogen and oxygen atoms in total. The highest BCUT2D eigenvalue weighted by atomic mass is 32.2. The Hall–Kier alpha value is -0.350. The van der Waals surface area contributed by atoms with E-state index in [0.29, 0.717) is 6.42 Å². The summed E-state index contributed by atoms with van der Waals surface area (Å²) in [7, 11) is -3.09. The van der Waals surface area contributed by atoms with Crippen LogP contribution in [0.15, 0.2) is 11.5 Å². The highest BCUT2D eigenvalue weighted by molar-refractivity contribution is 7.95. The number of nitrogens with two attached hydrogens (primary N) is 1. The van der Waals surface area contributed by atoms with Gasteiger partial charge in [0, 0.05) is 6.54 Å². The minimum Gasteiger partial charge on any atom is -0.326 e. The zero-order valence-electron chi connectivity index (χ0n) is 6.84. The van der Waals surface area contributed by atoms with E-state index in [-0.39, 0.29) is 17.2 Å². The van der Waals surface area contributed by atoms with Gasteiger partial charge in [-0.25, -0.2) is 8.42 Å². The van der Waals surface area contributed by atoms with Gasteiger partial charge in [0.15, 0.2) is 9.84 Å². The predicted molar refractivity (Wildman–Crippen MR) is 46.9 cm³/mol. The van der Waals surface area contributed by atoms with Crippen molar-refractivity contribution < 1.29 is 8.42 Å². The fraction of sp³-hybridized carbons (Fsp3) is 0.714. The van der Waals surface area contributed by atoms with E-state index in [1.165, 1.54) is 0 Å². The van der Waals surface area contributed by atoms with Crippen LogP contribution in [0.2, 0.25) is 0 Å². The van der Waals surface area contributed by atoms with E-state index < -0.39 is 9.84 Å². The molecular formula is C7H15NO2S. The highest BCUT2D eigenvalue weighted by Crippen LogP contribution is 2.05. The van der Waals surface area contributed by atoms with Crippen LogP contribution >= 0.6 is 0 Å². The van der Waals surface area contributed by atoms with Gasteiger partial charge in [0.05, 0.1) is 10.7 Å². The summed E-state index contributed by atoms with van der Waals surface area (Å²) >= 11 is 0. The highest BCUT2D eigenvalue weighted by Gasteiger charge is 2.12. The number of unbranched alkanes of at least 4 members (excludes halogenated alkanes) is 1. The molecule has 0 amide bonds. The summed E-state index contributed by atoms with van der Waals surface area (Å²) in [5.41, 5.74) is 5.15. The van der Waals surface area contributed by atoms with Crippen molar-refractivity contribution >= 4 is 9.84 Å². The van der Waals surface area contributed by atoms with Crippen LogP contribution < -0.4 is 5.73 Å². The van der Waals surface area contributed by atoms with Gasteiger partial charge in [-0.15, -0.1) is 0 Å². The Balaban J connectivity index is 4.12. The molecule has 0 aliphatic heterocycles. The smallest absolute Gasteiger partial charge is 0.175 e. The molecule has 0 aromatic carbocycles. The van der Waals surface area contributed by atoms with Crippen LogP contribution in [-0.2, 0) is 9.84 Å². The molecule has 0 aliphatic carbocycles. The minimum atomic E-state index is -3.09. The van der Waals surface area contributed by atoms with Gasteiger partial charge in [0.25, 0.3) is 0 Å². The molecule has 2 N–H and O–H groups in total. The van der Waals surface area contributed by atoms with Gasteiger partial charge in [-0.05, 0) is 6.42 Å². The average molecular weight is 177 g/mol. The first-order chi connectivity index (χ1) is 5.04. The quantitative estimate of drug-likeness (QED) is 0.671. The second-order valence-electron chi connectivity index (χ2n) is 2.42. The van der Waals surface area contributed by atoms with Gasteiger partial charge in [0.2, 0.25) is 0 Å². The van der Waals surface area contributed by atoms with Crippen LogP contribution in [0.4, 0.5) is 0 Å². The third-order valence-electron chi connectivity index (χ3n) is 1.43. The molecule has 0 aromatic rings. The van der Waals surface area contributed by atoms with Crippen LogP contribution in [0.1, 0.15) is 19.8 Å². The Labute approximate surface area is 68.2 Å². The summed E-state index contributed by atoms with van der Waals surface area (Å²) in [6.07, 6.45) is 1.55. The number of hydrogen-bond donors (Lipinski definition) is 1. The monoisotopic (exact) mass is 177 g/mol. The first kappa shape index (κ1) is 10.7. The predicted octanol–water partition coefficient (Wildman–Crippen LogP) is 0.674. The maximum Gasteiger partial charge on any atom is 0.175 e. The fourth-order valence-electron chi connectivity index (χ4n) is 0.606. The standard InChI is InChI=1S/C7H15NO2S/c1-3-4-5-11(9,10)7(2)6-8/h2-6,8H2,1H3. The zero-order chi connectivity index (χ0) is 8.91. The van der Waals surface area contributed by atoms with Crippen LogP contribution in [0.5, 0.6) is 0 Å². The van der Waals surface area contributed by atoms with Crippen molar-refractivity contribution in [3.05, 3.63) is 11.5 Å². The Morgan fingerprint density at radius 2 is 2.09 bits per heavy atom. The van der Waals surface area contributed by atoms with Crippen LogP contribution in [0.3, 0.4) is 0 Å². The van der Waals surface area contributed by atoms with Gasteiger partial charge in [-0.2, -0.15) is 0 Å². The topological polar surface area (TPSA) is 60.2 Å². The van der Waals surface area contributed by atoms with Crippen LogP contribution in [-0.4, -0.2) is 20.7 Å². The number of rotatable bonds is 5. The van der Waals surface area contributed by atoms with Crippen molar-refractivity contribution in [3.63, 3.8) is 0 Å². The maximum atomic E-state index is 11.1. The first-order valence-corrected chi connectivity index (χ1v) is 5.30. The molecule has 66 valence electrons. The van der Waals surface area contributed by atoms with Crippen molar-refractivity contribution in [2.75, 3.05) is 12.3 Å². The number of sulfone groups is 1. The summed E-state index contributed by atoms with van der Waals surface area (Å²) in [6.45, 7) is 5.36. The van der Waals surface area contributed by atoms with E-state index in [1.807, 2.05) is 6.92 Å². The van der Waals surface area contributed by atoms with Crippen molar-refractivity contribution in [2.45, 2.75) is 19.8 Å². The van der Waals surface area contributed by atoms with Crippen molar-refractivity contribution in [2.24, 2.45) is 5.73 Å². The molecule has 0 heterocycles. The van der Waals surface area contributed by atoms with E-state index >= 15 is 0 Å². The molecule has 0 radical (unpaired) electrons. The van der Waals surface area contributed by atoms with E-state index in [1.54, 1.807) is 0 Å². The Morgan fingerprint density at radius 3 is 2.45 bits per heavy atom. The second-order valence-corrected chi connectivity index (χ2v) is 4.63. The Kier molecular flexibility index (Phi) is 4.37. The molecule has 0 fully saturated rings. The van der Waals surface area contributed by atoms with Gasteiger partial charge < -0.3 is 5.73 Å². The lowest BCUT2D eigenvalue weighted by Gasteiger charge is -2.02. The Morgan fingerprint density at radius 1 is 1.55 bits per heavy atom. The van der Waals surface area contributed by atoms with E-state index in [2.05, 4.69) is 6.58 Å². The average Bonchev–Trinajstić information content (AvgIpc) is 1.99. The molecule has 0 rings (SSSR count). The molecule has 4 heteroatoms. The zero-order valence-corrected chi connectivity index (χ0v) is 7.65. The van der Waals surface area contributed by atoms with Crippen molar-refractivity contribution in [1.82, 2.24) is 0 Å². The van der Waals surface area contributed by atoms with Crippen molar-refractivity contribution in [3.8, 4) is 0 Å². The third kappa shape index (κ3) is 3.53. The molecule has 11 heavy (non-hydrogen) atoms. The SMILES string of the molecule is C=C(CN)S(=O)(=O)CCCC. The molecule has 0 saturated heterocycles. The lowest BCUT2D eigenvalue weighted by Crippen LogP contribution is -2.15. The van der Waals surface area contributed by atoms with Gasteiger partial charge in [0.1, 0.15) is 0 Å². The molecule has 0 atom stereocenters.